The van der Waals surface area contributed by atoms with E-state index in [1.165, 1.54) is 11.0 Å². The van der Waals surface area contributed by atoms with Crippen LogP contribution in [0, 0.1) is 5.82 Å². The fourth-order valence-electron chi connectivity index (χ4n) is 4.18. The van der Waals surface area contributed by atoms with Gasteiger partial charge in [-0.3, -0.25) is 9.59 Å². The van der Waals surface area contributed by atoms with Gasteiger partial charge in [0.05, 0.1) is 6.42 Å². The number of benzene rings is 4. The summed E-state index contributed by atoms with van der Waals surface area (Å²) in [7, 11) is 3.87. The number of rotatable bonds is 9. The molecule has 0 heterocycles. The summed E-state index contributed by atoms with van der Waals surface area (Å²) in [5.41, 5.74) is 3.24. The van der Waals surface area contributed by atoms with Crippen molar-refractivity contribution in [1.29, 1.82) is 0 Å². The molecule has 4 aromatic rings. The molecule has 4 rings (SSSR count). The normalized spacial score (nSPS) is 11.5. The molecule has 0 saturated carbocycles. The third kappa shape index (κ3) is 6.78. The highest BCUT2D eigenvalue weighted by atomic mass is 35.5. The van der Waals surface area contributed by atoms with E-state index in [0.29, 0.717) is 21.8 Å². The summed E-state index contributed by atoms with van der Waals surface area (Å²) < 4.78 is 14.8. The number of carbonyl (C=O) groups is 2. The van der Waals surface area contributed by atoms with Crippen LogP contribution in [0.3, 0.4) is 0 Å². The highest BCUT2D eigenvalue weighted by Crippen LogP contribution is 2.28. The summed E-state index contributed by atoms with van der Waals surface area (Å²) in [6, 6.07) is 28.7. The molecule has 38 heavy (non-hydrogen) atoms. The second-order valence-corrected chi connectivity index (χ2v) is 9.60. The Bertz CT molecular complexity index is 1380. The summed E-state index contributed by atoms with van der Waals surface area (Å²) in [6.45, 7) is -0.0847. The highest BCUT2D eigenvalue weighted by molar-refractivity contribution is 6.30. The van der Waals surface area contributed by atoms with E-state index in [0.717, 1.165) is 11.3 Å². The molecule has 7 heteroatoms. The Labute approximate surface area is 227 Å². The number of halogens is 2. The van der Waals surface area contributed by atoms with Crippen LogP contribution < -0.4 is 10.2 Å². The quantitative estimate of drug-likeness (QED) is 0.269. The first-order chi connectivity index (χ1) is 18.3. The fraction of sp³-hybridized carbons (Fsp3) is 0.161. The molecule has 0 spiro atoms. The van der Waals surface area contributed by atoms with E-state index < -0.39 is 17.8 Å². The van der Waals surface area contributed by atoms with Gasteiger partial charge in [-0.2, -0.15) is 0 Å². The molecule has 0 aliphatic heterocycles. The summed E-state index contributed by atoms with van der Waals surface area (Å²) in [5.74, 6) is -1.17. The van der Waals surface area contributed by atoms with Crippen molar-refractivity contribution >= 4 is 34.8 Å². The first kappa shape index (κ1) is 26.9. The molecule has 0 aromatic heterocycles. The Balaban J connectivity index is 1.73. The van der Waals surface area contributed by atoms with Crippen LogP contribution in [0.1, 0.15) is 22.7 Å². The van der Waals surface area contributed by atoms with Crippen LogP contribution in [-0.4, -0.2) is 30.8 Å². The number of hydrogen-bond donors (Lipinski definition) is 1. The lowest BCUT2D eigenvalue weighted by Gasteiger charge is -2.32. The molecule has 4 aromatic carbocycles. The molecule has 0 aliphatic rings. The summed E-state index contributed by atoms with van der Waals surface area (Å²) in [6.07, 6.45) is 0.0597. The van der Waals surface area contributed by atoms with Crippen LogP contribution in [0.25, 0.3) is 0 Å². The van der Waals surface area contributed by atoms with Crippen LogP contribution in [0.4, 0.5) is 15.8 Å². The summed E-state index contributed by atoms with van der Waals surface area (Å²) in [5, 5.41) is 3.45. The molecule has 0 bridgehead atoms. The van der Waals surface area contributed by atoms with Crippen molar-refractivity contribution < 1.29 is 14.0 Å². The highest BCUT2D eigenvalue weighted by Gasteiger charge is 2.32. The molecule has 194 valence electrons. The van der Waals surface area contributed by atoms with Crippen LogP contribution in [-0.2, 0) is 22.6 Å². The minimum Gasteiger partial charge on any atom is -0.378 e. The first-order valence-corrected chi connectivity index (χ1v) is 12.6. The van der Waals surface area contributed by atoms with E-state index in [2.05, 4.69) is 5.32 Å². The third-order valence-electron chi connectivity index (χ3n) is 6.21. The van der Waals surface area contributed by atoms with E-state index >= 15 is 0 Å². The molecular formula is C31H29ClFN3O2. The van der Waals surface area contributed by atoms with E-state index in [1.54, 1.807) is 54.6 Å². The second-order valence-electron chi connectivity index (χ2n) is 9.16. The maximum atomic E-state index is 14.8. The summed E-state index contributed by atoms with van der Waals surface area (Å²) >= 11 is 6.13. The number of hydrogen-bond acceptors (Lipinski definition) is 3. The van der Waals surface area contributed by atoms with Gasteiger partial charge in [-0.15, -0.1) is 0 Å². The van der Waals surface area contributed by atoms with Gasteiger partial charge in [0, 0.05) is 42.6 Å². The standard InChI is InChI=1S/C31H29ClFN3O2/c1-35(2)27-18-16-26(17-19-27)34-31(38)30(23-12-14-25(32)15-13-23)36(21-24-10-6-7-11-28(24)33)29(37)20-22-8-4-3-5-9-22/h3-19,30H,20-21H2,1-2H3,(H,34,38). The maximum Gasteiger partial charge on any atom is 0.251 e. The van der Waals surface area contributed by atoms with Gasteiger partial charge in [0.25, 0.3) is 5.91 Å². The Morgan fingerprint density at radius 1 is 0.842 bits per heavy atom. The van der Waals surface area contributed by atoms with Gasteiger partial charge in [0.15, 0.2) is 0 Å². The number of amides is 2. The van der Waals surface area contributed by atoms with E-state index in [9.17, 15) is 14.0 Å². The van der Waals surface area contributed by atoms with Crippen LogP contribution in [0.15, 0.2) is 103 Å². The SMILES string of the molecule is CN(C)c1ccc(NC(=O)C(c2ccc(Cl)cc2)N(Cc2ccccc2F)C(=O)Cc2ccccc2)cc1. The second kappa shape index (κ2) is 12.4. The molecule has 0 fully saturated rings. The maximum absolute atomic E-state index is 14.8. The van der Waals surface area contributed by atoms with Crippen molar-refractivity contribution in [3.8, 4) is 0 Å². The molecule has 2 amide bonds. The third-order valence-corrected chi connectivity index (χ3v) is 6.47. The van der Waals surface area contributed by atoms with Crippen LogP contribution in [0.2, 0.25) is 5.02 Å². The minimum atomic E-state index is -1.03. The smallest absolute Gasteiger partial charge is 0.251 e. The van der Waals surface area contributed by atoms with Crippen molar-refractivity contribution in [2.75, 3.05) is 24.3 Å². The van der Waals surface area contributed by atoms with Crippen molar-refractivity contribution in [1.82, 2.24) is 4.90 Å². The van der Waals surface area contributed by atoms with Gasteiger partial charge in [-0.1, -0.05) is 72.3 Å². The molecule has 1 atom stereocenters. The molecule has 1 N–H and O–H groups in total. The van der Waals surface area contributed by atoms with Crippen molar-refractivity contribution in [3.63, 3.8) is 0 Å². The Kier molecular flexibility index (Phi) is 8.77. The van der Waals surface area contributed by atoms with Gasteiger partial charge in [-0.25, -0.2) is 4.39 Å². The lowest BCUT2D eigenvalue weighted by atomic mass is 10.0. The Hall–Kier alpha value is -4.16. The number of carbonyl (C=O) groups excluding carboxylic acids is 2. The average Bonchev–Trinajstić information content (AvgIpc) is 2.91. The molecule has 0 aliphatic carbocycles. The molecule has 0 radical (unpaired) electrons. The van der Waals surface area contributed by atoms with Gasteiger partial charge in [0.2, 0.25) is 5.91 Å². The zero-order valence-corrected chi connectivity index (χ0v) is 22.0. The van der Waals surface area contributed by atoms with Crippen LogP contribution in [0.5, 0.6) is 0 Å². The molecule has 5 nitrogen and oxygen atoms in total. The fourth-order valence-corrected chi connectivity index (χ4v) is 4.30. The Morgan fingerprint density at radius 3 is 2.11 bits per heavy atom. The first-order valence-electron chi connectivity index (χ1n) is 12.2. The summed E-state index contributed by atoms with van der Waals surface area (Å²) in [4.78, 5) is 31.0. The molecule has 0 saturated heterocycles. The van der Waals surface area contributed by atoms with E-state index in [-0.39, 0.29) is 18.9 Å². The zero-order valence-electron chi connectivity index (χ0n) is 21.3. The number of nitrogens with zero attached hydrogens (tertiary/aromatic N) is 2. The number of anilines is 2. The van der Waals surface area contributed by atoms with Crippen molar-refractivity contribution in [2.45, 2.75) is 19.0 Å². The zero-order chi connectivity index (χ0) is 27.1. The number of nitrogens with one attached hydrogen (secondary N) is 1. The van der Waals surface area contributed by atoms with Gasteiger partial charge in [0.1, 0.15) is 11.9 Å². The van der Waals surface area contributed by atoms with Gasteiger partial charge in [-0.05, 0) is 53.6 Å². The van der Waals surface area contributed by atoms with Crippen molar-refractivity contribution in [2.24, 2.45) is 0 Å². The molecular weight excluding hydrogens is 501 g/mol. The van der Waals surface area contributed by atoms with Crippen LogP contribution >= 0.6 is 11.6 Å². The minimum absolute atomic E-state index is 0.0597. The van der Waals surface area contributed by atoms with Gasteiger partial charge < -0.3 is 15.1 Å². The predicted molar refractivity (Wildman–Crippen MR) is 151 cm³/mol. The van der Waals surface area contributed by atoms with E-state index in [1.807, 2.05) is 61.5 Å². The Morgan fingerprint density at radius 2 is 1.47 bits per heavy atom. The monoisotopic (exact) mass is 529 g/mol. The lowest BCUT2D eigenvalue weighted by Crippen LogP contribution is -2.41. The largest absolute Gasteiger partial charge is 0.378 e. The van der Waals surface area contributed by atoms with Crippen molar-refractivity contribution in [3.05, 3.63) is 131 Å². The lowest BCUT2D eigenvalue weighted by molar-refractivity contribution is -0.139. The molecule has 1 unspecified atom stereocenters. The average molecular weight is 530 g/mol. The predicted octanol–water partition coefficient (Wildman–Crippen LogP) is 6.50. The van der Waals surface area contributed by atoms with Gasteiger partial charge >= 0.3 is 0 Å². The topological polar surface area (TPSA) is 52.7 Å². The van der Waals surface area contributed by atoms with E-state index in [4.69, 9.17) is 11.6 Å².